The van der Waals surface area contributed by atoms with E-state index in [-0.39, 0.29) is 17.2 Å². The van der Waals surface area contributed by atoms with E-state index >= 15 is 0 Å². The maximum absolute atomic E-state index is 12.0. The maximum Gasteiger partial charge on any atom is 0.152 e. The van der Waals surface area contributed by atoms with Gasteiger partial charge in [0.15, 0.2) is 9.84 Å². The molecule has 118 valence electrons. The van der Waals surface area contributed by atoms with Crippen LogP contribution >= 0.6 is 0 Å². The Morgan fingerprint density at radius 1 is 1.33 bits per heavy atom. The summed E-state index contributed by atoms with van der Waals surface area (Å²) in [5, 5.41) is 3.36. The maximum atomic E-state index is 12.0. The molecular weight excluding hydrogens is 286 g/mol. The number of imidazole rings is 1. The zero-order valence-corrected chi connectivity index (χ0v) is 14.0. The summed E-state index contributed by atoms with van der Waals surface area (Å²) in [7, 11) is -2.91. The summed E-state index contributed by atoms with van der Waals surface area (Å²) in [6.45, 7) is 8.21. The molecule has 0 spiro atoms. The zero-order valence-electron chi connectivity index (χ0n) is 13.1. The third-order valence-corrected chi connectivity index (χ3v) is 6.20. The van der Waals surface area contributed by atoms with Gasteiger partial charge < -0.3 is 9.88 Å². The van der Waals surface area contributed by atoms with Crippen LogP contribution in [0.25, 0.3) is 0 Å². The lowest BCUT2D eigenvalue weighted by atomic mass is 9.95. The number of rotatable bonds is 1. The van der Waals surface area contributed by atoms with Crippen LogP contribution in [0.3, 0.4) is 0 Å². The van der Waals surface area contributed by atoms with Gasteiger partial charge in [0.2, 0.25) is 0 Å². The molecule has 1 atom stereocenters. The highest BCUT2D eigenvalue weighted by Crippen LogP contribution is 2.33. The molecule has 0 aliphatic carbocycles. The van der Waals surface area contributed by atoms with E-state index < -0.39 is 9.84 Å². The third-order valence-electron chi connectivity index (χ3n) is 4.40. The highest BCUT2D eigenvalue weighted by Gasteiger charge is 2.34. The van der Waals surface area contributed by atoms with Crippen molar-refractivity contribution in [3.8, 4) is 0 Å². The van der Waals surface area contributed by atoms with Crippen molar-refractivity contribution < 1.29 is 8.42 Å². The second kappa shape index (κ2) is 5.09. The second-order valence-electron chi connectivity index (χ2n) is 7.29. The van der Waals surface area contributed by atoms with Crippen molar-refractivity contribution in [2.45, 2.75) is 58.0 Å². The molecule has 1 unspecified atom stereocenters. The molecule has 3 heterocycles. The van der Waals surface area contributed by atoms with Gasteiger partial charge in [-0.25, -0.2) is 13.4 Å². The molecule has 5 nitrogen and oxygen atoms in total. The molecule has 0 saturated carbocycles. The molecule has 0 amide bonds. The van der Waals surface area contributed by atoms with Gasteiger partial charge in [0.05, 0.1) is 17.2 Å². The lowest BCUT2D eigenvalue weighted by Gasteiger charge is -2.30. The Balaban J connectivity index is 2.09. The van der Waals surface area contributed by atoms with Gasteiger partial charge in [-0.05, 0) is 12.8 Å². The fourth-order valence-electron chi connectivity index (χ4n) is 3.46. The number of hydrogen-bond donors (Lipinski definition) is 1. The number of fused-ring (bicyclic) bond motifs is 1. The van der Waals surface area contributed by atoms with Crippen LogP contribution in [0, 0.1) is 0 Å². The number of aromatic nitrogens is 2. The van der Waals surface area contributed by atoms with E-state index in [1.165, 1.54) is 5.69 Å². The van der Waals surface area contributed by atoms with Crippen molar-refractivity contribution in [3.05, 3.63) is 17.2 Å². The van der Waals surface area contributed by atoms with Gasteiger partial charge >= 0.3 is 0 Å². The van der Waals surface area contributed by atoms with Crippen LogP contribution in [0.4, 0.5) is 0 Å². The number of hydrogen-bond acceptors (Lipinski definition) is 4. The van der Waals surface area contributed by atoms with Crippen molar-refractivity contribution in [3.63, 3.8) is 0 Å². The van der Waals surface area contributed by atoms with E-state index in [1.54, 1.807) is 0 Å². The fourth-order valence-corrected chi connectivity index (χ4v) is 5.13. The fraction of sp³-hybridized carbons (Fsp3) is 0.800. The molecule has 1 N–H and O–H groups in total. The van der Waals surface area contributed by atoms with Crippen molar-refractivity contribution in [1.82, 2.24) is 14.9 Å². The highest BCUT2D eigenvalue weighted by atomic mass is 32.2. The molecule has 6 heteroatoms. The minimum absolute atomic E-state index is 0.0623. The average molecular weight is 311 g/mol. The topological polar surface area (TPSA) is 64.0 Å². The molecule has 3 rings (SSSR count). The smallest absolute Gasteiger partial charge is 0.152 e. The summed E-state index contributed by atoms with van der Waals surface area (Å²) in [5.74, 6) is 1.65. The van der Waals surface area contributed by atoms with Crippen LogP contribution in [0.15, 0.2) is 0 Å². The normalized spacial score (nSPS) is 25.6. The number of sulfone groups is 1. The summed E-state index contributed by atoms with van der Waals surface area (Å²) < 4.78 is 26.3. The van der Waals surface area contributed by atoms with Crippen LogP contribution in [0.1, 0.15) is 56.9 Å². The van der Waals surface area contributed by atoms with Gasteiger partial charge in [0.25, 0.3) is 0 Å². The summed E-state index contributed by atoms with van der Waals surface area (Å²) in [5.41, 5.74) is 2.29. The standard InChI is InChI=1S/C15H25N3O2S/c1-15(2,3)14-17-12-9-16-7-6-13(12)18(14)11-5-4-8-21(19,20)10-11/h11,16H,4-10H2,1-3H3. The van der Waals surface area contributed by atoms with E-state index in [0.29, 0.717) is 5.75 Å². The molecule has 1 fully saturated rings. The van der Waals surface area contributed by atoms with Gasteiger partial charge in [0, 0.05) is 36.7 Å². The van der Waals surface area contributed by atoms with Crippen LogP contribution in [-0.2, 0) is 28.2 Å². The van der Waals surface area contributed by atoms with E-state index in [9.17, 15) is 8.42 Å². The Kier molecular flexibility index (Phi) is 3.64. The molecule has 0 radical (unpaired) electrons. The number of nitrogens with one attached hydrogen (secondary N) is 1. The summed E-state index contributed by atoms with van der Waals surface area (Å²) in [4.78, 5) is 4.85. The third kappa shape index (κ3) is 2.88. The first-order valence-electron chi connectivity index (χ1n) is 7.79. The molecular formula is C15H25N3O2S. The lowest BCUT2D eigenvalue weighted by molar-refractivity contribution is 0.407. The molecule has 1 aromatic rings. The quantitative estimate of drug-likeness (QED) is 0.855. The second-order valence-corrected chi connectivity index (χ2v) is 9.51. The Labute approximate surface area is 127 Å². The van der Waals surface area contributed by atoms with Crippen LogP contribution in [-0.4, -0.2) is 36.0 Å². The monoisotopic (exact) mass is 311 g/mol. The molecule has 0 bridgehead atoms. The Morgan fingerprint density at radius 2 is 2.10 bits per heavy atom. The van der Waals surface area contributed by atoms with Crippen molar-refractivity contribution in [2.24, 2.45) is 0 Å². The van der Waals surface area contributed by atoms with Crippen molar-refractivity contribution in [1.29, 1.82) is 0 Å². The predicted molar refractivity (Wildman–Crippen MR) is 83.3 cm³/mol. The molecule has 21 heavy (non-hydrogen) atoms. The largest absolute Gasteiger partial charge is 0.327 e. The predicted octanol–water partition coefficient (Wildman–Crippen LogP) is 1.58. The zero-order chi connectivity index (χ0) is 15.3. The summed E-state index contributed by atoms with van der Waals surface area (Å²) >= 11 is 0. The summed E-state index contributed by atoms with van der Waals surface area (Å²) in [6, 6.07) is 0.0623. The molecule has 2 aliphatic rings. The lowest BCUT2D eigenvalue weighted by Crippen LogP contribution is -2.33. The van der Waals surface area contributed by atoms with Gasteiger partial charge in [-0.3, -0.25) is 0 Å². The first-order chi connectivity index (χ1) is 9.78. The van der Waals surface area contributed by atoms with E-state index in [2.05, 4.69) is 30.7 Å². The van der Waals surface area contributed by atoms with Gasteiger partial charge in [-0.15, -0.1) is 0 Å². The first-order valence-corrected chi connectivity index (χ1v) is 9.62. The van der Waals surface area contributed by atoms with E-state index in [4.69, 9.17) is 4.98 Å². The molecule has 1 saturated heterocycles. The van der Waals surface area contributed by atoms with E-state index in [0.717, 1.165) is 43.9 Å². The van der Waals surface area contributed by atoms with Gasteiger partial charge in [0.1, 0.15) is 5.82 Å². The van der Waals surface area contributed by atoms with Crippen LogP contribution in [0.2, 0.25) is 0 Å². The van der Waals surface area contributed by atoms with Crippen LogP contribution in [0.5, 0.6) is 0 Å². The number of nitrogens with zero attached hydrogens (tertiary/aromatic N) is 2. The average Bonchev–Trinajstić information content (AvgIpc) is 2.76. The highest BCUT2D eigenvalue weighted by molar-refractivity contribution is 7.91. The first kappa shape index (κ1) is 15.0. The molecule has 0 aromatic carbocycles. The van der Waals surface area contributed by atoms with Gasteiger partial charge in [-0.1, -0.05) is 20.8 Å². The minimum Gasteiger partial charge on any atom is -0.327 e. The minimum atomic E-state index is -2.91. The Hall–Kier alpha value is -0.880. The molecule has 2 aliphatic heterocycles. The SMILES string of the molecule is CC(C)(C)c1nc2c(n1C1CCCS(=O)(=O)C1)CCNC2. The van der Waals surface area contributed by atoms with E-state index in [1.807, 2.05) is 0 Å². The Morgan fingerprint density at radius 3 is 2.76 bits per heavy atom. The Bertz CT molecular complexity index is 641. The van der Waals surface area contributed by atoms with Crippen molar-refractivity contribution in [2.75, 3.05) is 18.1 Å². The molecule has 1 aromatic heterocycles. The van der Waals surface area contributed by atoms with Crippen molar-refractivity contribution >= 4 is 9.84 Å². The van der Waals surface area contributed by atoms with Crippen LogP contribution < -0.4 is 5.32 Å². The van der Waals surface area contributed by atoms with Gasteiger partial charge in [-0.2, -0.15) is 0 Å². The summed E-state index contributed by atoms with van der Waals surface area (Å²) in [6.07, 6.45) is 2.65.